The first-order valence-corrected chi connectivity index (χ1v) is 15.0. The quantitative estimate of drug-likeness (QED) is 0.0817. The highest BCUT2D eigenvalue weighted by atomic mass is 35.5. The number of benzene rings is 1. The summed E-state index contributed by atoms with van der Waals surface area (Å²) in [5, 5.41) is 19.6. The molecule has 0 heterocycles. The molecule has 4 atom stereocenters. The Morgan fingerprint density at radius 2 is 1.50 bits per heavy atom. The van der Waals surface area contributed by atoms with Crippen LogP contribution in [0.25, 0.3) is 0 Å². The third kappa shape index (κ3) is 16.1. The van der Waals surface area contributed by atoms with Crippen LogP contribution in [-0.4, -0.2) is 47.9 Å². The number of rotatable bonds is 21. The zero-order valence-electron chi connectivity index (χ0n) is 25.4. The molecule has 5 N–H and O–H groups in total. The fourth-order valence-electron chi connectivity index (χ4n) is 4.13. The van der Waals surface area contributed by atoms with Gasteiger partial charge in [-0.25, -0.2) is 0 Å². The molecule has 0 radical (unpaired) electrons. The second-order valence-electron chi connectivity index (χ2n) is 11.0. The minimum absolute atomic E-state index is 0. The van der Waals surface area contributed by atoms with E-state index >= 15 is 0 Å². The molecule has 0 bridgehead atoms. The lowest BCUT2D eigenvalue weighted by atomic mass is 9.98. The zero-order chi connectivity index (χ0) is 29.0. The fraction of sp³-hybridized carbons (Fsp3) is 0.710. The maximum atomic E-state index is 13.4. The zero-order valence-corrected chi connectivity index (χ0v) is 26.2. The van der Waals surface area contributed by atoms with Gasteiger partial charge >= 0.3 is 0 Å². The number of hydrogen-bond acceptors (Lipinski definition) is 6. The highest BCUT2D eigenvalue weighted by Gasteiger charge is 2.28. The molecule has 0 aliphatic heterocycles. The van der Waals surface area contributed by atoms with Crippen LogP contribution < -0.4 is 16.4 Å². The Hall–Kier alpha value is -2.32. The third-order valence-electron chi connectivity index (χ3n) is 7.23. The normalized spacial score (nSPS) is 14.3. The summed E-state index contributed by atoms with van der Waals surface area (Å²) in [5.74, 6) is -0.492. The van der Waals surface area contributed by atoms with E-state index in [4.69, 9.17) is 10.6 Å². The molecule has 230 valence electrons. The van der Waals surface area contributed by atoms with Crippen molar-refractivity contribution in [3.63, 3.8) is 0 Å². The average Bonchev–Trinajstić information content (AvgIpc) is 2.92. The lowest BCUT2D eigenvalue weighted by molar-refractivity contribution is -0.130. The number of nitrogens with two attached hydrogens (primary N) is 1. The molecule has 0 aliphatic rings. The number of oxime groups is 1. The van der Waals surface area contributed by atoms with Crippen molar-refractivity contribution < 1.29 is 19.5 Å². The van der Waals surface area contributed by atoms with Crippen molar-refractivity contribution in [3.8, 4) is 5.75 Å². The van der Waals surface area contributed by atoms with Crippen molar-refractivity contribution in [1.29, 1.82) is 0 Å². The summed E-state index contributed by atoms with van der Waals surface area (Å²) in [4.78, 5) is 31.6. The first-order chi connectivity index (χ1) is 18.7. The molecular formula is C31H55ClN4O4. The predicted octanol–water partition coefficient (Wildman–Crippen LogP) is 5.89. The Morgan fingerprint density at radius 3 is 2.05 bits per heavy atom. The van der Waals surface area contributed by atoms with Gasteiger partial charge in [0.2, 0.25) is 11.8 Å². The predicted molar refractivity (Wildman–Crippen MR) is 167 cm³/mol. The van der Waals surface area contributed by atoms with Crippen LogP contribution in [0.1, 0.15) is 104 Å². The van der Waals surface area contributed by atoms with Crippen LogP contribution in [0.3, 0.4) is 0 Å². The number of phenols is 1. The number of unbranched alkanes of at least 4 members (excludes halogenated alkanes) is 8. The van der Waals surface area contributed by atoms with Gasteiger partial charge in [-0.05, 0) is 42.4 Å². The fourth-order valence-corrected chi connectivity index (χ4v) is 4.13. The Kier molecular flexibility index (Phi) is 21.1. The van der Waals surface area contributed by atoms with Gasteiger partial charge in [0.1, 0.15) is 18.4 Å². The van der Waals surface area contributed by atoms with E-state index in [1.165, 1.54) is 44.9 Å². The smallest absolute Gasteiger partial charge is 0.243 e. The van der Waals surface area contributed by atoms with E-state index in [1.54, 1.807) is 30.5 Å². The van der Waals surface area contributed by atoms with Gasteiger partial charge in [-0.1, -0.05) is 103 Å². The van der Waals surface area contributed by atoms with Gasteiger partial charge in [0.15, 0.2) is 0 Å². The van der Waals surface area contributed by atoms with Crippen LogP contribution in [0, 0.1) is 11.8 Å². The van der Waals surface area contributed by atoms with Crippen molar-refractivity contribution in [2.24, 2.45) is 22.7 Å². The molecule has 9 heteroatoms. The van der Waals surface area contributed by atoms with Gasteiger partial charge in [0.25, 0.3) is 0 Å². The first-order valence-electron chi connectivity index (χ1n) is 15.0. The number of nitrogens with one attached hydrogen (secondary N) is 2. The van der Waals surface area contributed by atoms with Crippen molar-refractivity contribution in [1.82, 2.24) is 10.6 Å². The van der Waals surface area contributed by atoms with Crippen molar-refractivity contribution >= 4 is 30.4 Å². The molecule has 0 aromatic heterocycles. The Balaban J connectivity index is 0.0000152. The van der Waals surface area contributed by atoms with Crippen molar-refractivity contribution in [3.05, 3.63) is 29.8 Å². The van der Waals surface area contributed by atoms with Crippen molar-refractivity contribution in [2.75, 3.05) is 6.61 Å². The lowest BCUT2D eigenvalue weighted by Crippen LogP contribution is -2.56. The van der Waals surface area contributed by atoms with Crippen LogP contribution in [0.2, 0.25) is 0 Å². The van der Waals surface area contributed by atoms with E-state index < -0.39 is 12.1 Å². The van der Waals surface area contributed by atoms with E-state index in [-0.39, 0.29) is 54.3 Å². The van der Waals surface area contributed by atoms with Crippen LogP contribution in [0.5, 0.6) is 5.75 Å². The monoisotopic (exact) mass is 582 g/mol. The highest BCUT2D eigenvalue weighted by molar-refractivity contribution is 5.91. The molecule has 40 heavy (non-hydrogen) atoms. The minimum Gasteiger partial charge on any atom is -0.508 e. The number of aromatic hydroxyl groups is 1. The lowest BCUT2D eigenvalue weighted by Gasteiger charge is -2.26. The summed E-state index contributed by atoms with van der Waals surface area (Å²) >= 11 is 0. The number of halogens is 1. The molecule has 1 rings (SSSR count). The standard InChI is InChI=1S/C31H54N4O4.ClH/c1-6-8-9-10-11-12-13-14-15-20-39-33-22-28(24(5)7-2)35-30(37)27(34-31(38)29(32)23(3)4)21-25-16-18-26(36)19-17-25;/h16-19,22-24,27-29,36H,6-15,20-21,32H2,1-5H3,(H,34,38)(H,35,37);1H/t24-,27-,28+,29-;/m0./s1. The maximum absolute atomic E-state index is 13.4. The van der Waals surface area contributed by atoms with Gasteiger partial charge in [-0.2, -0.15) is 0 Å². The Labute approximate surface area is 248 Å². The number of amides is 2. The molecule has 8 nitrogen and oxygen atoms in total. The Bertz CT molecular complexity index is 835. The van der Waals surface area contributed by atoms with Gasteiger partial charge in [-0.3, -0.25) is 9.59 Å². The minimum atomic E-state index is -0.824. The number of nitrogens with zero attached hydrogens (tertiary/aromatic N) is 1. The molecule has 1 aromatic carbocycles. The van der Waals surface area contributed by atoms with Crippen LogP contribution in [-0.2, 0) is 20.8 Å². The van der Waals surface area contributed by atoms with Gasteiger partial charge in [0.05, 0.1) is 18.3 Å². The average molecular weight is 583 g/mol. The van der Waals surface area contributed by atoms with E-state index in [1.807, 2.05) is 20.8 Å². The molecule has 0 fully saturated rings. The van der Waals surface area contributed by atoms with Gasteiger partial charge < -0.3 is 26.3 Å². The number of carbonyl (C=O) groups is 2. The topological polar surface area (TPSA) is 126 Å². The first kappa shape index (κ1) is 37.7. The second-order valence-corrected chi connectivity index (χ2v) is 11.0. The summed E-state index contributed by atoms with van der Waals surface area (Å²) < 4.78 is 0. The van der Waals surface area contributed by atoms with Crippen LogP contribution in [0.4, 0.5) is 0 Å². The van der Waals surface area contributed by atoms with Crippen LogP contribution >= 0.6 is 12.4 Å². The summed E-state index contributed by atoms with van der Waals surface area (Å²) in [5.41, 5.74) is 6.84. The van der Waals surface area contributed by atoms with Crippen LogP contribution in [0.15, 0.2) is 29.4 Å². The molecule has 0 unspecified atom stereocenters. The summed E-state index contributed by atoms with van der Waals surface area (Å²) in [6, 6.07) is 4.70. The molecule has 0 aliphatic carbocycles. The molecule has 1 aromatic rings. The highest BCUT2D eigenvalue weighted by Crippen LogP contribution is 2.13. The summed E-state index contributed by atoms with van der Waals surface area (Å²) in [6.07, 6.45) is 14.0. The van der Waals surface area contributed by atoms with E-state index in [0.717, 1.165) is 24.8 Å². The van der Waals surface area contributed by atoms with E-state index in [9.17, 15) is 14.7 Å². The summed E-state index contributed by atoms with van der Waals surface area (Å²) in [7, 11) is 0. The van der Waals surface area contributed by atoms with Gasteiger partial charge in [-0.15, -0.1) is 12.4 Å². The van der Waals surface area contributed by atoms with E-state index in [0.29, 0.717) is 6.61 Å². The maximum Gasteiger partial charge on any atom is 0.243 e. The van der Waals surface area contributed by atoms with E-state index in [2.05, 4.69) is 29.6 Å². The molecule has 0 spiro atoms. The Morgan fingerprint density at radius 1 is 0.925 bits per heavy atom. The number of hydrogen-bond donors (Lipinski definition) is 4. The molecular weight excluding hydrogens is 528 g/mol. The molecule has 0 saturated heterocycles. The molecule has 0 saturated carbocycles. The van der Waals surface area contributed by atoms with Gasteiger partial charge in [0, 0.05) is 6.42 Å². The SMILES string of the molecule is CCCCCCCCCCCON=C[C@@H](NC(=O)[C@H](Cc1ccc(O)cc1)NC(=O)[C@@H](N)C(C)C)[C@@H](C)CC.Cl. The summed E-state index contributed by atoms with van der Waals surface area (Å²) in [6.45, 7) is 10.6. The number of phenolic OH excluding ortho intramolecular Hbond substituents is 1. The number of carbonyl (C=O) groups excluding carboxylic acids is 2. The third-order valence-corrected chi connectivity index (χ3v) is 7.23. The largest absolute Gasteiger partial charge is 0.508 e. The van der Waals surface area contributed by atoms with Crippen molar-refractivity contribution in [2.45, 2.75) is 123 Å². The second kappa shape index (κ2) is 22.4. The molecule has 2 amide bonds.